The summed E-state index contributed by atoms with van der Waals surface area (Å²) in [5.74, 6) is 0.560. The Balaban J connectivity index is 1.72. The predicted octanol–water partition coefficient (Wildman–Crippen LogP) is 4.01. The fourth-order valence-corrected chi connectivity index (χ4v) is 3.29. The summed E-state index contributed by atoms with van der Waals surface area (Å²) in [6.07, 6.45) is 0.506. The molecule has 0 saturated carbocycles. The Hall–Kier alpha value is -2.62. The van der Waals surface area contributed by atoms with Crippen molar-refractivity contribution in [1.82, 2.24) is 0 Å². The Morgan fingerprint density at radius 3 is 2.79 bits per heavy atom. The van der Waals surface area contributed by atoms with Crippen molar-refractivity contribution in [1.29, 1.82) is 0 Å². The van der Waals surface area contributed by atoms with Gasteiger partial charge in [0.05, 0.1) is 5.56 Å². The highest BCUT2D eigenvalue weighted by atomic mass is 16.5. The Labute approximate surface area is 141 Å². The highest BCUT2D eigenvalue weighted by Crippen LogP contribution is 2.40. The lowest BCUT2D eigenvalue weighted by molar-refractivity contribution is -0.118. The maximum absolute atomic E-state index is 12.2. The molecule has 0 saturated heterocycles. The standard InChI is InChI=1S/C20H21NO3/c1-12-5-4-6-15(9-12)21-18(23)11-24-17-8-7-13(2)19-14(3)10-16(22)20(17)19/h4-9,14H,10-11H2,1-3H3,(H,21,23)/t14-/m1/s1. The van der Waals surface area contributed by atoms with E-state index in [4.69, 9.17) is 4.74 Å². The molecule has 0 aliphatic heterocycles. The van der Waals surface area contributed by atoms with Gasteiger partial charge >= 0.3 is 0 Å². The van der Waals surface area contributed by atoms with Crippen LogP contribution >= 0.6 is 0 Å². The van der Waals surface area contributed by atoms with E-state index in [-0.39, 0.29) is 24.2 Å². The van der Waals surface area contributed by atoms with Crippen LogP contribution in [0.2, 0.25) is 0 Å². The van der Waals surface area contributed by atoms with E-state index in [1.807, 2.05) is 51.1 Å². The third-order valence-corrected chi connectivity index (χ3v) is 4.35. The number of hydrogen-bond acceptors (Lipinski definition) is 3. The number of Topliss-reactive ketones (excluding diaryl/α,β-unsaturated/α-hetero) is 1. The fraction of sp³-hybridized carbons (Fsp3) is 0.300. The third kappa shape index (κ3) is 3.18. The monoisotopic (exact) mass is 323 g/mol. The second kappa shape index (κ2) is 6.48. The van der Waals surface area contributed by atoms with Crippen molar-refractivity contribution in [2.75, 3.05) is 11.9 Å². The molecular formula is C20H21NO3. The number of ether oxygens (including phenoxy) is 1. The summed E-state index contributed by atoms with van der Waals surface area (Å²) >= 11 is 0. The number of nitrogens with one attached hydrogen (secondary N) is 1. The lowest BCUT2D eigenvalue weighted by atomic mass is 9.97. The molecule has 1 atom stereocenters. The number of ketones is 1. The number of carbonyl (C=O) groups is 2. The lowest BCUT2D eigenvalue weighted by Gasteiger charge is -2.13. The molecule has 4 heteroatoms. The molecule has 2 aromatic carbocycles. The smallest absolute Gasteiger partial charge is 0.262 e. The van der Waals surface area contributed by atoms with Crippen LogP contribution in [0.1, 0.15) is 46.3 Å². The summed E-state index contributed by atoms with van der Waals surface area (Å²) in [5.41, 5.74) is 4.61. The minimum atomic E-state index is -0.242. The number of anilines is 1. The second-order valence-corrected chi connectivity index (χ2v) is 6.40. The first kappa shape index (κ1) is 16.2. The molecule has 1 amide bonds. The quantitative estimate of drug-likeness (QED) is 0.925. The molecule has 0 unspecified atom stereocenters. The van der Waals surface area contributed by atoms with Gasteiger partial charge < -0.3 is 10.1 Å². The van der Waals surface area contributed by atoms with E-state index in [2.05, 4.69) is 5.32 Å². The largest absolute Gasteiger partial charge is 0.483 e. The SMILES string of the molecule is Cc1cccc(NC(=O)COc2ccc(C)c3c2C(=O)C[C@H]3C)c1. The van der Waals surface area contributed by atoms with Crippen molar-refractivity contribution < 1.29 is 14.3 Å². The van der Waals surface area contributed by atoms with Crippen molar-refractivity contribution in [3.05, 3.63) is 58.7 Å². The Morgan fingerprint density at radius 2 is 2.04 bits per heavy atom. The van der Waals surface area contributed by atoms with Gasteiger partial charge in [-0.3, -0.25) is 9.59 Å². The molecule has 24 heavy (non-hydrogen) atoms. The Kier molecular flexibility index (Phi) is 4.38. The van der Waals surface area contributed by atoms with E-state index in [1.165, 1.54) is 0 Å². The maximum Gasteiger partial charge on any atom is 0.262 e. The average molecular weight is 323 g/mol. The molecule has 0 radical (unpaired) electrons. The van der Waals surface area contributed by atoms with Crippen molar-refractivity contribution in [3.63, 3.8) is 0 Å². The molecule has 3 rings (SSSR count). The van der Waals surface area contributed by atoms with Gasteiger partial charge in [-0.25, -0.2) is 0 Å². The maximum atomic E-state index is 12.2. The number of hydrogen-bond donors (Lipinski definition) is 1. The van der Waals surface area contributed by atoms with Gasteiger partial charge in [-0.1, -0.05) is 25.1 Å². The van der Waals surface area contributed by atoms with Gasteiger partial charge in [-0.2, -0.15) is 0 Å². The van der Waals surface area contributed by atoms with Gasteiger partial charge in [0.25, 0.3) is 5.91 Å². The van der Waals surface area contributed by atoms with Crippen LogP contribution in [0, 0.1) is 13.8 Å². The third-order valence-electron chi connectivity index (χ3n) is 4.35. The molecule has 0 heterocycles. The van der Waals surface area contributed by atoms with E-state index >= 15 is 0 Å². The van der Waals surface area contributed by atoms with Crippen molar-refractivity contribution in [3.8, 4) is 5.75 Å². The molecule has 2 aromatic rings. The number of carbonyl (C=O) groups excluding carboxylic acids is 2. The van der Waals surface area contributed by atoms with Crippen LogP contribution in [0.3, 0.4) is 0 Å². The predicted molar refractivity (Wildman–Crippen MR) is 93.8 cm³/mol. The van der Waals surface area contributed by atoms with E-state index < -0.39 is 0 Å². The molecule has 0 fully saturated rings. The molecule has 1 N–H and O–H groups in total. The van der Waals surface area contributed by atoms with Gasteiger partial charge in [0.15, 0.2) is 12.4 Å². The molecule has 0 spiro atoms. The summed E-state index contributed by atoms with van der Waals surface area (Å²) in [5, 5.41) is 2.80. The van der Waals surface area contributed by atoms with Crippen LogP contribution in [0.5, 0.6) is 5.75 Å². The molecule has 0 aromatic heterocycles. The van der Waals surface area contributed by atoms with Gasteiger partial charge in [-0.05, 0) is 54.7 Å². The van der Waals surface area contributed by atoms with E-state index in [9.17, 15) is 9.59 Å². The van der Waals surface area contributed by atoms with Gasteiger partial charge in [0.2, 0.25) is 0 Å². The summed E-state index contributed by atoms with van der Waals surface area (Å²) in [7, 11) is 0. The zero-order valence-electron chi connectivity index (χ0n) is 14.2. The first-order valence-electron chi connectivity index (χ1n) is 8.11. The van der Waals surface area contributed by atoms with Crippen LogP contribution in [-0.2, 0) is 4.79 Å². The summed E-state index contributed by atoms with van der Waals surface area (Å²) in [6.45, 7) is 5.90. The molecule has 0 bridgehead atoms. The van der Waals surface area contributed by atoms with Crippen LogP contribution < -0.4 is 10.1 Å². The minimum Gasteiger partial charge on any atom is -0.483 e. The number of aryl methyl sites for hydroxylation is 2. The molecule has 1 aliphatic carbocycles. The topological polar surface area (TPSA) is 55.4 Å². The number of benzene rings is 2. The number of rotatable bonds is 4. The van der Waals surface area contributed by atoms with Crippen molar-refractivity contribution in [2.24, 2.45) is 0 Å². The Morgan fingerprint density at radius 1 is 1.25 bits per heavy atom. The summed E-state index contributed by atoms with van der Waals surface area (Å²) < 4.78 is 5.65. The normalized spacial score (nSPS) is 16.0. The molecule has 124 valence electrons. The first-order valence-corrected chi connectivity index (χ1v) is 8.11. The van der Waals surface area contributed by atoms with E-state index in [0.717, 1.165) is 22.4 Å². The summed E-state index contributed by atoms with van der Waals surface area (Å²) in [6, 6.07) is 11.3. The number of amides is 1. The van der Waals surface area contributed by atoms with E-state index in [1.54, 1.807) is 6.07 Å². The molecule has 4 nitrogen and oxygen atoms in total. The lowest BCUT2D eigenvalue weighted by Crippen LogP contribution is -2.20. The van der Waals surface area contributed by atoms with Crippen molar-refractivity contribution in [2.45, 2.75) is 33.1 Å². The zero-order chi connectivity index (χ0) is 17.3. The van der Waals surface area contributed by atoms with Crippen LogP contribution in [-0.4, -0.2) is 18.3 Å². The highest BCUT2D eigenvalue weighted by molar-refractivity contribution is 6.04. The van der Waals surface area contributed by atoms with E-state index in [0.29, 0.717) is 17.7 Å². The van der Waals surface area contributed by atoms with Gasteiger partial charge in [0, 0.05) is 12.1 Å². The minimum absolute atomic E-state index is 0.0929. The average Bonchev–Trinajstić information content (AvgIpc) is 2.83. The highest BCUT2D eigenvalue weighted by Gasteiger charge is 2.31. The second-order valence-electron chi connectivity index (χ2n) is 6.40. The molecular weight excluding hydrogens is 302 g/mol. The molecule has 1 aliphatic rings. The van der Waals surface area contributed by atoms with Crippen molar-refractivity contribution >= 4 is 17.4 Å². The van der Waals surface area contributed by atoms with Crippen LogP contribution in [0.15, 0.2) is 36.4 Å². The zero-order valence-corrected chi connectivity index (χ0v) is 14.2. The van der Waals surface area contributed by atoms with Gasteiger partial charge in [-0.15, -0.1) is 0 Å². The first-order chi connectivity index (χ1) is 11.5. The van der Waals surface area contributed by atoms with Crippen LogP contribution in [0.4, 0.5) is 5.69 Å². The summed E-state index contributed by atoms with van der Waals surface area (Å²) in [4.78, 5) is 24.3. The van der Waals surface area contributed by atoms with Gasteiger partial charge in [0.1, 0.15) is 5.75 Å². The van der Waals surface area contributed by atoms with Crippen LogP contribution in [0.25, 0.3) is 0 Å². The Bertz CT molecular complexity index is 811. The number of fused-ring (bicyclic) bond motifs is 1. The fourth-order valence-electron chi connectivity index (χ4n) is 3.29.